The van der Waals surface area contributed by atoms with Crippen LogP contribution in [0.2, 0.25) is 10.0 Å². The van der Waals surface area contributed by atoms with Crippen LogP contribution in [0, 0.1) is 5.41 Å². The molecule has 2 saturated heterocycles. The van der Waals surface area contributed by atoms with Gasteiger partial charge in [-0.15, -0.1) is 0 Å². The summed E-state index contributed by atoms with van der Waals surface area (Å²) in [6.45, 7) is 2.17. The summed E-state index contributed by atoms with van der Waals surface area (Å²) in [5, 5.41) is 2.05. The van der Waals surface area contributed by atoms with Crippen LogP contribution in [0.5, 0.6) is 0 Å². The van der Waals surface area contributed by atoms with Crippen LogP contribution in [-0.2, 0) is 4.79 Å². The van der Waals surface area contributed by atoms with Crippen molar-refractivity contribution in [2.45, 2.75) is 19.3 Å². The van der Waals surface area contributed by atoms with Gasteiger partial charge in [0.15, 0.2) is 0 Å². The summed E-state index contributed by atoms with van der Waals surface area (Å²) < 4.78 is 0. The summed E-state index contributed by atoms with van der Waals surface area (Å²) in [5.41, 5.74) is 1.44. The molecule has 0 bridgehead atoms. The second kappa shape index (κ2) is 7.15. The molecule has 0 N–H and O–H groups in total. The van der Waals surface area contributed by atoms with Crippen LogP contribution in [0.4, 0.5) is 11.5 Å². The van der Waals surface area contributed by atoms with E-state index in [-0.39, 0.29) is 5.91 Å². The third kappa shape index (κ3) is 3.13. The van der Waals surface area contributed by atoms with Crippen LogP contribution in [0.1, 0.15) is 19.3 Å². The van der Waals surface area contributed by atoms with Crippen LogP contribution in [0.3, 0.4) is 0 Å². The standard InChI is InChI=1S/C22H20Cl2N4O/c23-15-12-17(24)20(26-13-15)27-10-3-7-22(14-27)8-11-28(21(22)29)19-6-1-5-18-16(19)4-2-9-25-18/h1-2,4-6,9,12-13H,3,7-8,10-11,14H2. The maximum atomic E-state index is 13.6. The molecular formula is C22H20Cl2N4O. The molecule has 148 valence electrons. The molecule has 0 saturated carbocycles. The fraction of sp³-hybridized carbons (Fsp3) is 0.318. The molecule has 4 heterocycles. The number of amides is 1. The Morgan fingerprint density at radius 1 is 1.03 bits per heavy atom. The smallest absolute Gasteiger partial charge is 0.235 e. The molecule has 1 amide bonds. The van der Waals surface area contributed by atoms with E-state index >= 15 is 0 Å². The monoisotopic (exact) mass is 426 g/mol. The Kier molecular flexibility index (Phi) is 4.60. The van der Waals surface area contributed by atoms with Gasteiger partial charge >= 0.3 is 0 Å². The lowest BCUT2D eigenvalue weighted by Gasteiger charge is -2.40. The molecule has 0 radical (unpaired) electrons. The topological polar surface area (TPSA) is 49.3 Å². The van der Waals surface area contributed by atoms with E-state index in [0.29, 0.717) is 29.0 Å². The molecule has 7 heteroatoms. The molecule has 2 fully saturated rings. The molecule has 1 unspecified atom stereocenters. The van der Waals surface area contributed by atoms with Gasteiger partial charge in [-0.05, 0) is 49.6 Å². The van der Waals surface area contributed by atoms with Gasteiger partial charge in [0.25, 0.3) is 0 Å². The molecule has 1 atom stereocenters. The second-order valence-electron chi connectivity index (χ2n) is 7.82. The predicted octanol–water partition coefficient (Wildman–Crippen LogP) is 4.96. The molecule has 1 spiro atoms. The van der Waals surface area contributed by atoms with E-state index in [2.05, 4.69) is 14.9 Å². The molecule has 2 aliphatic rings. The SMILES string of the molecule is O=C1N(c2cccc3ncccc23)CCC12CCCN(c1ncc(Cl)cc1Cl)C2. The Labute approximate surface area is 179 Å². The van der Waals surface area contributed by atoms with Crippen molar-refractivity contribution in [3.8, 4) is 0 Å². The van der Waals surface area contributed by atoms with E-state index < -0.39 is 5.41 Å². The number of hydrogen-bond donors (Lipinski definition) is 0. The third-order valence-electron chi connectivity index (χ3n) is 6.09. The van der Waals surface area contributed by atoms with Gasteiger partial charge in [0.1, 0.15) is 5.82 Å². The minimum Gasteiger partial charge on any atom is -0.354 e. The number of nitrogens with zero attached hydrogens (tertiary/aromatic N) is 4. The number of halogens is 2. The van der Waals surface area contributed by atoms with Crippen LogP contribution in [-0.4, -0.2) is 35.5 Å². The quantitative estimate of drug-likeness (QED) is 0.580. The summed E-state index contributed by atoms with van der Waals surface area (Å²) in [6, 6.07) is 11.6. The Bertz CT molecular complexity index is 1100. The van der Waals surface area contributed by atoms with Gasteiger partial charge in [-0.25, -0.2) is 4.98 Å². The van der Waals surface area contributed by atoms with E-state index in [4.69, 9.17) is 23.2 Å². The highest BCUT2D eigenvalue weighted by atomic mass is 35.5. The first-order valence-corrected chi connectivity index (χ1v) is 10.5. The summed E-state index contributed by atoms with van der Waals surface area (Å²) in [5.74, 6) is 0.888. The Hall–Kier alpha value is -2.37. The number of benzene rings is 1. The van der Waals surface area contributed by atoms with Crippen molar-refractivity contribution < 1.29 is 4.79 Å². The highest BCUT2D eigenvalue weighted by Crippen LogP contribution is 2.44. The van der Waals surface area contributed by atoms with Crippen LogP contribution < -0.4 is 9.80 Å². The Balaban J connectivity index is 1.46. The van der Waals surface area contributed by atoms with Gasteiger partial charge in [0.05, 0.1) is 26.7 Å². The average Bonchev–Trinajstić information content (AvgIpc) is 3.03. The van der Waals surface area contributed by atoms with Gasteiger partial charge in [-0.1, -0.05) is 29.3 Å². The largest absolute Gasteiger partial charge is 0.354 e. The molecule has 3 aromatic rings. The van der Waals surface area contributed by atoms with Crippen molar-refractivity contribution in [3.05, 3.63) is 58.8 Å². The maximum absolute atomic E-state index is 13.6. The summed E-state index contributed by atoms with van der Waals surface area (Å²) in [7, 11) is 0. The molecule has 2 aliphatic heterocycles. The average molecular weight is 427 g/mol. The van der Waals surface area contributed by atoms with Crippen molar-refractivity contribution in [3.63, 3.8) is 0 Å². The second-order valence-corrected chi connectivity index (χ2v) is 8.66. The van der Waals surface area contributed by atoms with Crippen molar-refractivity contribution in [1.29, 1.82) is 0 Å². The zero-order chi connectivity index (χ0) is 20.0. The normalized spacial score (nSPS) is 22.1. The van der Waals surface area contributed by atoms with Gasteiger partial charge in [-0.3, -0.25) is 9.78 Å². The molecule has 5 rings (SSSR count). The highest BCUT2D eigenvalue weighted by Gasteiger charge is 2.49. The first kappa shape index (κ1) is 18.6. The van der Waals surface area contributed by atoms with Gasteiger partial charge < -0.3 is 9.80 Å². The number of anilines is 2. The lowest BCUT2D eigenvalue weighted by Crippen LogP contribution is -2.48. The van der Waals surface area contributed by atoms with E-state index in [1.54, 1.807) is 18.5 Å². The number of fused-ring (bicyclic) bond motifs is 1. The number of carbonyl (C=O) groups excluding carboxylic acids is 1. The molecule has 29 heavy (non-hydrogen) atoms. The number of hydrogen-bond acceptors (Lipinski definition) is 4. The molecular weight excluding hydrogens is 407 g/mol. The van der Waals surface area contributed by atoms with Crippen molar-refractivity contribution in [1.82, 2.24) is 9.97 Å². The number of rotatable bonds is 2. The zero-order valence-corrected chi connectivity index (χ0v) is 17.3. The van der Waals surface area contributed by atoms with Gasteiger partial charge in [-0.2, -0.15) is 0 Å². The van der Waals surface area contributed by atoms with Gasteiger partial charge in [0, 0.05) is 37.4 Å². The lowest BCUT2D eigenvalue weighted by molar-refractivity contribution is -0.126. The lowest BCUT2D eigenvalue weighted by atomic mass is 9.78. The van der Waals surface area contributed by atoms with Crippen LogP contribution in [0.15, 0.2) is 48.8 Å². The van der Waals surface area contributed by atoms with Crippen molar-refractivity contribution >= 4 is 51.5 Å². The van der Waals surface area contributed by atoms with Crippen LogP contribution >= 0.6 is 23.2 Å². The number of pyridine rings is 2. The number of aromatic nitrogens is 2. The fourth-order valence-corrected chi connectivity index (χ4v) is 5.20. The number of carbonyl (C=O) groups is 1. The first-order valence-electron chi connectivity index (χ1n) is 9.79. The summed E-state index contributed by atoms with van der Waals surface area (Å²) in [6.07, 6.45) is 6.02. The maximum Gasteiger partial charge on any atom is 0.235 e. The molecule has 0 aliphatic carbocycles. The Morgan fingerprint density at radius 2 is 1.93 bits per heavy atom. The molecule has 1 aromatic carbocycles. The summed E-state index contributed by atoms with van der Waals surface area (Å²) >= 11 is 12.4. The van der Waals surface area contributed by atoms with E-state index in [0.717, 1.165) is 42.4 Å². The van der Waals surface area contributed by atoms with E-state index in [1.807, 2.05) is 35.2 Å². The predicted molar refractivity (Wildman–Crippen MR) is 117 cm³/mol. The zero-order valence-electron chi connectivity index (χ0n) is 15.8. The minimum absolute atomic E-state index is 0.184. The van der Waals surface area contributed by atoms with Crippen molar-refractivity contribution in [2.75, 3.05) is 29.4 Å². The minimum atomic E-state index is -0.409. The van der Waals surface area contributed by atoms with Crippen molar-refractivity contribution in [2.24, 2.45) is 5.41 Å². The van der Waals surface area contributed by atoms with E-state index in [9.17, 15) is 4.79 Å². The van der Waals surface area contributed by atoms with Gasteiger partial charge in [0.2, 0.25) is 5.91 Å². The van der Waals surface area contributed by atoms with E-state index in [1.165, 1.54) is 0 Å². The molecule has 5 nitrogen and oxygen atoms in total. The highest BCUT2D eigenvalue weighted by molar-refractivity contribution is 6.36. The number of piperidine rings is 1. The first-order chi connectivity index (χ1) is 14.1. The van der Waals surface area contributed by atoms with Crippen LogP contribution in [0.25, 0.3) is 10.9 Å². The third-order valence-corrected chi connectivity index (χ3v) is 6.58. The molecule has 2 aromatic heterocycles. The fourth-order valence-electron chi connectivity index (χ4n) is 4.70. The Morgan fingerprint density at radius 3 is 2.79 bits per heavy atom. The summed E-state index contributed by atoms with van der Waals surface area (Å²) in [4.78, 5) is 26.6.